The number of nitrogens with one attached hydrogen (secondary N) is 1. The molecule has 4 atom stereocenters. The normalized spacial score (nSPS) is 18.0. The van der Waals surface area contributed by atoms with Crippen molar-refractivity contribution in [1.82, 2.24) is 5.32 Å². The van der Waals surface area contributed by atoms with E-state index in [4.69, 9.17) is 33.9 Å². The second-order valence-electron chi connectivity index (χ2n) is 10.9. The number of benzene rings is 1. The molecule has 39 heavy (non-hydrogen) atoms. The molecule has 0 aromatic heterocycles. The molecule has 9 nitrogen and oxygen atoms in total. The quantitative estimate of drug-likeness (QED) is 0.191. The number of hydrogen-bond acceptors (Lipinski definition) is 7. The standard InChI is InChI=1S/C30H53N3O6/c1-19(2)22(14-21-10-11-26(38-8)27(15-21)39-13-9-12-37-7)16-24(31)25(34)17-23(20(3)4)28(35)33-18-30(5,6)29(32)36/h10-11,15,19-20,22-25,34H,9,12-14,16-18,31H2,1-8H3,(H2,32,36)(H,33,35)/t22-,23-,24-,25-/m0/s1/i5D3,6D3. The molecule has 0 bridgehead atoms. The van der Waals surface area contributed by atoms with Gasteiger partial charge in [-0.2, -0.15) is 0 Å². The smallest absolute Gasteiger partial charge is 0.224 e. The molecule has 2 amide bonds. The molecule has 0 unspecified atom stereocenters. The molecule has 1 rings (SSSR count). The van der Waals surface area contributed by atoms with Gasteiger partial charge in [0.05, 0.1) is 25.2 Å². The SMILES string of the molecule is [2H]C([2H])([2H])C(CNC(=O)[C@@H](C[C@H](O)[C@@H](N)C[C@H](Cc1ccc(OC)c(OCCCOC)c1)C(C)C)C(C)C)(C(N)=O)C([2H])([2H])[2H]. The Balaban J connectivity index is 3.03. The van der Waals surface area contributed by atoms with E-state index >= 15 is 0 Å². The number of rotatable bonds is 19. The number of carbonyl (C=O) groups is 2. The molecule has 0 saturated carbocycles. The van der Waals surface area contributed by atoms with Gasteiger partial charge in [0.15, 0.2) is 11.5 Å². The Labute approximate surface area is 243 Å². The zero-order valence-electron chi connectivity index (χ0n) is 30.3. The number of ether oxygens (including phenoxy) is 3. The summed E-state index contributed by atoms with van der Waals surface area (Å²) in [6.45, 7) is 1.06. The predicted octanol–water partition coefficient (Wildman–Crippen LogP) is 3.29. The summed E-state index contributed by atoms with van der Waals surface area (Å²) in [4.78, 5) is 25.4. The molecule has 224 valence electrons. The molecular formula is C30H53N3O6. The number of hydrogen-bond donors (Lipinski definition) is 4. The van der Waals surface area contributed by atoms with E-state index in [-0.39, 0.29) is 24.2 Å². The topological polar surface area (TPSA) is 146 Å². The van der Waals surface area contributed by atoms with Crippen molar-refractivity contribution in [2.24, 2.45) is 40.6 Å². The summed E-state index contributed by atoms with van der Waals surface area (Å²) in [6, 6.07) is 5.06. The molecule has 0 spiro atoms. The average Bonchev–Trinajstić information content (AvgIpc) is 2.91. The third-order valence-corrected chi connectivity index (χ3v) is 7.07. The van der Waals surface area contributed by atoms with Gasteiger partial charge in [0.2, 0.25) is 11.8 Å². The maximum atomic E-state index is 13.2. The summed E-state index contributed by atoms with van der Waals surface area (Å²) < 4.78 is 62.8. The first-order chi connectivity index (χ1) is 20.7. The van der Waals surface area contributed by atoms with E-state index in [1.54, 1.807) is 28.1 Å². The molecule has 6 N–H and O–H groups in total. The molecule has 9 heteroatoms. The van der Waals surface area contributed by atoms with E-state index in [0.717, 1.165) is 12.0 Å². The first kappa shape index (κ1) is 25.6. The van der Waals surface area contributed by atoms with Gasteiger partial charge in [-0.25, -0.2) is 0 Å². The van der Waals surface area contributed by atoms with Crippen molar-refractivity contribution in [3.63, 3.8) is 0 Å². The first-order valence-electron chi connectivity index (χ1n) is 16.5. The third-order valence-electron chi connectivity index (χ3n) is 7.07. The van der Waals surface area contributed by atoms with Gasteiger partial charge in [-0.15, -0.1) is 0 Å². The molecule has 0 aliphatic heterocycles. The third kappa shape index (κ3) is 11.7. The van der Waals surface area contributed by atoms with Gasteiger partial charge in [-0.3, -0.25) is 9.59 Å². The van der Waals surface area contributed by atoms with Crippen molar-refractivity contribution >= 4 is 11.8 Å². The largest absolute Gasteiger partial charge is 0.493 e. The van der Waals surface area contributed by atoms with Crippen molar-refractivity contribution in [3.05, 3.63) is 23.8 Å². The fourth-order valence-electron chi connectivity index (χ4n) is 4.30. The van der Waals surface area contributed by atoms with Crippen molar-refractivity contribution in [1.29, 1.82) is 0 Å². The Bertz CT molecular complexity index is 1070. The lowest BCUT2D eigenvalue weighted by atomic mass is 9.80. The van der Waals surface area contributed by atoms with Crippen LogP contribution in [0.3, 0.4) is 0 Å². The summed E-state index contributed by atoms with van der Waals surface area (Å²) in [5.74, 6) is -1.90. The predicted molar refractivity (Wildman–Crippen MR) is 155 cm³/mol. The van der Waals surface area contributed by atoms with E-state index in [9.17, 15) is 14.7 Å². The first-order valence-corrected chi connectivity index (χ1v) is 13.5. The van der Waals surface area contributed by atoms with Crippen LogP contribution in [-0.4, -0.2) is 63.0 Å². The lowest BCUT2D eigenvalue weighted by Crippen LogP contribution is -2.46. The van der Waals surface area contributed by atoms with E-state index < -0.39 is 55.5 Å². The van der Waals surface area contributed by atoms with Crippen LogP contribution in [-0.2, 0) is 20.7 Å². The van der Waals surface area contributed by atoms with Gasteiger partial charge >= 0.3 is 0 Å². The second-order valence-corrected chi connectivity index (χ2v) is 10.9. The Morgan fingerprint density at radius 2 is 1.77 bits per heavy atom. The number of nitrogens with two attached hydrogens (primary N) is 2. The van der Waals surface area contributed by atoms with E-state index in [2.05, 4.69) is 19.2 Å². The summed E-state index contributed by atoms with van der Waals surface area (Å²) >= 11 is 0. The summed E-state index contributed by atoms with van der Waals surface area (Å²) in [7, 11) is 3.21. The maximum Gasteiger partial charge on any atom is 0.224 e. The number of methoxy groups -OCH3 is 2. The fraction of sp³-hybridized carbons (Fsp3) is 0.733. The molecule has 0 saturated heterocycles. The minimum atomic E-state index is -3.31. The van der Waals surface area contributed by atoms with Gasteiger partial charge in [0, 0.05) is 46.9 Å². The highest BCUT2D eigenvalue weighted by atomic mass is 16.5. The highest BCUT2D eigenvalue weighted by molar-refractivity contribution is 5.83. The minimum absolute atomic E-state index is 0.0530. The van der Waals surface area contributed by atoms with Crippen LogP contribution in [0.25, 0.3) is 0 Å². The highest BCUT2D eigenvalue weighted by Gasteiger charge is 2.32. The minimum Gasteiger partial charge on any atom is -0.493 e. The van der Waals surface area contributed by atoms with Crippen molar-refractivity contribution in [2.75, 3.05) is 34.0 Å². The maximum absolute atomic E-state index is 13.2. The Hall–Kier alpha value is -2.36. The van der Waals surface area contributed by atoms with Crippen LogP contribution >= 0.6 is 0 Å². The molecule has 0 fully saturated rings. The number of carbonyl (C=O) groups excluding carboxylic acids is 2. The van der Waals surface area contributed by atoms with Crippen LogP contribution in [0, 0.1) is 29.1 Å². The summed E-state index contributed by atoms with van der Waals surface area (Å²) in [5.41, 5.74) is 9.79. The van der Waals surface area contributed by atoms with Crippen LogP contribution in [0.15, 0.2) is 18.2 Å². The molecule has 0 aliphatic rings. The number of primary amides is 1. The number of aliphatic hydroxyl groups excluding tert-OH is 1. The average molecular weight is 558 g/mol. The van der Waals surface area contributed by atoms with Crippen molar-refractivity contribution in [3.8, 4) is 11.5 Å². The van der Waals surface area contributed by atoms with Crippen molar-refractivity contribution < 1.29 is 37.1 Å². The number of aliphatic hydroxyl groups is 1. The number of amides is 2. The van der Waals surface area contributed by atoms with E-state index in [0.29, 0.717) is 37.6 Å². The Morgan fingerprint density at radius 3 is 2.31 bits per heavy atom. The van der Waals surface area contributed by atoms with Crippen LogP contribution in [0.2, 0.25) is 0 Å². The zero-order chi connectivity index (χ0) is 34.8. The summed E-state index contributed by atoms with van der Waals surface area (Å²) in [6.07, 6.45) is 0.689. The van der Waals surface area contributed by atoms with E-state index in [1.807, 2.05) is 18.2 Å². The summed E-state index contributed by atoms with van der Waals surface area (Å²) in [5, 5.41) is 13.4. The Kier molecular flexibility index (Phi) is 10.9. The lowest BCUT2D eigenvalue weighted by molar-refractivity contribution is -0.130. The molecule has 0 heterocycles. The van der Waals surface area contributed by atoms with Crippen LogP contribution in [0.5, 0.6) is 11.5 Å². The van der Waals surface area contributed by atoms with Crippen LogP contribution in [0.4, 0.5) is 0 Å². The zero-order valence-corrected chi connectivity index (χ0v) is 24.3. The fourth-order valence-corrected chi connectivity index (χ4v) is 4.30. The van der Waals surface area contributed by atoms with Gasteiger partial charge in [0.1, 0.15) is 0 Å². The second kappa shape index (κ2) is 16.7. The van der Waals surface area contributed by atoms with Gasteiger partial charge in [-0.1, -0.05) is 33.8 Å². The monoisotopic (exact) mass is 557 g/mol. The molecule has 1 aromatic carbocycles. The molecule has 0 radical (unpaired) electrons. The highest BCUT2D eigenvalue weighted by Crippen LogP contribution is 2.32. The van der Waals surface area contributed by atoms with Gasteiger partial charge < -0.3 is 36.1 Å². The van der Waals surface area contributed by atoms with Crippen LogP contribution in [0.1, 0.15) is 74.4 Å². The van der Waals surface area contributed by atoms with Crippen molar-refractivity contribution in [2.45, 2.75) is 79.2 Å². The molecule has 1 aromatic rings. The molecule has 0 aliphatic carbocycles. The van der Waals surface area contributed by atoms with Crippen LogP contribution < -0.4 is 26.3 Å². The lowest BCUT2D eigenvalue weighted by Gasteiger charge is -2.30. The van der Waals surface area contributed by atoms with Gasteiger partial charge in [0.25, 0.3) is 0 Å². The van der Waals surface area contributed by atoms with Gasteiger partial charge in [-0.05, 0) is 68.4 Å². The Morgan fingerprint density at radius 1 is 1.08 bits per heavy atom. The van der Waals surface area contributed by atoms with E-state index in [1.165, 1.54) is 0 Å². The molecular weight excluding hydrogens is 498 g/mol.